The number of nitrogens with zero attached hydrogens (tertiary/aromatic N) is 1. The molecule has 0 fully saturated rings. The van der Waals surface area contributed by atoms with Crippen molar-refractivity contribution in [3.8, 4) is 11.1 Å². The first-order chi connectivity index (χ1) is 22.2. The summed E-state index contributed by atoms with van der Waals surface area (Å²) in [5.74, 6) is 0.218. The van der Waals surface area contributed by atoms with Crippen LogP contribution in [0.1, 0.15) is 29.0 Å². The lowest BCUT2D eigenvalue weighted by Crippen LogP contribution is -2.12. The van der Waals surface area contributed by atoms with Crippen LogP contribution in [0.3, 0.4) is 0 Å². The summed E-state index contributed by atoms with van der Waals surface area (Å²) in [6.45, 7) is 0. The smallest absolute Gasteiger partial charge is 0.147 e. The van der Waals surface area contributed by atoms with E-state index in [4.69, 9.17) is 0 Å². The Balaban J connectivity index is 1.21. The lowest BCUT2D eigenvalue weighted by molar-refractivity contribution is 0.629. The number of halogens is 1. The van der Waals surface area contributed by atoms with Crippen molar-refractivity contribution in [2.24, 2.45) is 0 Å². The van der Waals surface area contributed by atoms with Gasteiger partial charge < -0.3 is 4.90 Å². The summed E-state index contributed by atoms with van der Waals surface area (Å²) in [7, 11) is 0. The third kappa shape index (κ3) is 4.13. The largest absolute Gasteiger partial charge is 0.307 e. The Hall–Kier alpha value is -5.47. The Kier molecular flexibility index (Phi) is 5.96. The van der Waals surface area contributed by atoms with E-state index in [0.29, 0.717) is 11.6 Å². The molecule has 9 rings (SSSR count). The molecule has 0 aromatic heterocycles. The summed E-state index contributed by atoms with van der Waals surface area (Å²) < 4.78 is 15.4. The molecule has 0 amide bonds. The van der Waals surface area contributed by atoms with Gasteiger partial charge in [-0.3, -0.25) is 0 Å². The highest BCUT2D eigenvalue weighted by molar-refractivity contribution is 6.27. The third-order valence-electron chi connectivity index (χ3n) is 9.75. The standard InChI is InChI=1S/C43H30FN/c44-39-12-6-7-13-41(39)45(33-9-2-1-3-10-33)40-27-22-32-20-25-37-36(24-19-31-21-26-38(40)43(32)42(31)37)30-16-14-29(15-17-30)35-23-18-28-8-4-5-11-34(28)35/h1-17,19-22,24-27,35H,18,23H2. The lowest BCUT2D eigenvalue weighted by atomic mass is 9.88. The molecule has 0 aliphatic heterocycles. The van der Waals surface area contributed by atoms with Crippen LogP contribution in [0.5, 0.6) is 0 Å². The van der Waals surface area contributed by atoms with Gasteiger partial charge in [0.1, 0.15) is 5.82 Å². The zero-order valence-electron chi connectivity index (χ0n) is 24.8. The number of hydrogen-bond donors (Lipinski definition) is 0. The van der Waals surface area contributed by atoms with Gasteiger partial charge in [0.2, 0.25) is 0 Å². The van der Waals surface area contributed by atoms with E-state index in [0.717, 1.165) is 23.2 Å². The minimum atomic E-state index is -0.251. The van der Waals surface area contributed by atoms with Crippen LogP contribution in [-0.2, 0) is 6.42 Å². The van der Waals surface area contributed by atoms with Gasteiger partial charge in [0.05, 0.1) is 11.4 Å². The molecule has 0 heterocycles. The molecular formula is C43H30FN. The molecule has 1 aliphatic carbocycles. The summed E-state index contributed by atoms with van der Waals surface area (Å²) in [6.07, 6.45) is 2.32. The van der Waals surface area contributed by atoms with Crippen molar-refractivity contribution < 1.29 is 4.39 Å². The zero-order valence-corrected chi connectivity index (χ0v) is 24.8. The highest BCUT2D eigenvalue weighted by Crippen LogP contribution is 2.46. The van der Waals surface area contributed by atoms with Gasteiger partial charge in [-0.15, -0.1) is 0 Å². The van der Waals surface area contributed by atoms with Gasteiger partial charge >= 0.3 is 0 Å². The maximum absolute atomic E-state index is 15.4. The van der Waals surface area contributed by atoms with E-state index in [2.05, 4.69) is 97.1 Å². The van der Waals surface area contributed by atoms with Crippen molar-refractivity contribution >= 4 is 49.4 Å². The number of fused-ring (bicyclic) bond motifs is 1. The van der Waals surface area contributed by atoms with E-state index in [9.17, 15) is 0 Å². The molecule has 1 atom stereocenters. The summed E-state index contributed by atoms with van der Waals surface area (Å²) in [5.41, 5.74) is 9.21. The molecule has 45 heavy (non-hydrogen) atoms. The third-order valence-corrected chi connectivity index (χ3v) is 9.75. The molecule has 2 heteroatoms. The van der Waals surface area contributed by atoms with Crippen LogP contribution in [0.4, 0.5) is 21.5 Å². The summed E-state index contributed by atoms with van der Waals surface area (Å²) in [5, 5.41) is 7.19. The molecule has 214 valence electrons. The van der Waals surface area contributed by atoms with E-state index in [1.54, 1.807) is 6.07 Å². The normalized spacial score (nSPS) is 14.4. The van der Waals surface area contributed by atoms with Crippen molar-refractivity contribution in [1.82, 2.24) is 0 Å². The van der Waals surface area contributed by atoms with Crippen LogP contribution in [0.25, 0.3) is 43.4 Å². The maximum Gasteiger partial charge on any atom is 0.147 e. The Bertz CT molecular complexity index is 2340. The zero-order chi connectivity index (χ0) is 29.9. The second-order valence-corrected chi connectivity index (χ2v) is 12.2. The van der Waals surface area contributed by atoms with Gasteiger partial charge in [-0.1, -0.05) is 121 Å². The van der Waals surface area contributed by atoms with E-state index in [1.807, 2.05) is 47.4 Å². The lowest BCUT2D eigenvalue weighted by Gasteiger charge is -2.28. The van der Waals surface area contributed by atoms with Crippen molar-refractivity contribution in [2.75, 3.05) is 4.90 Å². The quantitative estimate of drug-likeness (QED) is 0.183. The fourth-order valence-electron chi connectivity index (χ4n) is 7.65. The molecule has 0 bridgehead atoms. The summed E-state index contributed by atoms with van der Waals surface area (Å²) in [6, 6.07) is 52.9. The highest BCUT2D eigenvalue weighted by atomic mass is 19.1. The van der Waals surface area contributed by atoms with Crippen molar-refractivity contribution in [3.63, 3.8) is 0 Å². The van der Waals surface area contributed by atoms with Gasteiger partial charge in [0.25, 0.3) is 0 Å². The summed E-state index contributed by atoms with van der Waals surface area (Å²) >= 11 is 0. The molecule has 0 radical (unpaired) electrons. The number of aryl methyl sites for hydroxylation is 1. The fourth-order valence-corrected chi connectivity index (χ4v) is 7.65. The van der Waals surface area contributed by atoms with Crippen molar-refractivity contribution in [2.45, 2.75) is 18.8 Å². The molecule has 1 nitrogen and oxygen atoms in total. The first-order valence-corrected chi connectivity index (χ1v) is 15.7. The van der Waals surface area contributed by atoms with Gasteiger partial charge in [-0.2, -0.15) is 0 Å². The average molecular weight is 580 g/mol. The molecule has 1 unspecified atom stereocenters. The Labute approximate surface area is 262 Å². The van der Waals surface area contributed by atoms with Crippen LogP contribution in [0.15, 0.2) is 152 Å². The first-order valence-electron chi connectivity index (χ1n) is 15.7. The van der Waals surface area contributed by atoms with Crippen molar-refractivity contribution in [3.05, 3.63) is 174 Å². The second-order valence-electron chi connectivity index (χ2n) is 12.2. The summed E-state index contributed by atoms with van der Waals surface area (Å²) in [4.78, 5) is 2.04. The Morgan fingerprint density at radius 2 is 1.20 bits per heavy atom. The molecule has 0 spiro atoms. The van der Waals surface area contributed by atoms with Crippen LogP contribution in [0.2, 0.25) is 0 Å². The van der Waals surface area contributed by atoms with E-state index in [1.165, 1.54) is 67.2 Å². The van der Waals surface area contributed by atoms with Gasteiger partial charge in [-0.05, 0) is 97.9 Å². The Morgan fingerprint density at radius 3 is 2.02 bits per heavy atom. The predicted molar refractivity (Wildman–Crippen MR) is 187 cm³/mol. The topological polar surface area (TPSA) is 3.24 Å². The SMILES string of the molecule is Fc1ccccc1N(c1ccccc1)c1ccc2ccc3c(-c4ccc(C5CCc6ccccc65)cc4)ccc4ccc1c2c43. The minimum Gasteiger partial charge on any atom is -0.307 e. The Morgan fingerprint density at radius 1 is 0.533 bits per heavy atom. The highest BCUT2D eigenvalue weighted by Gasteiger charge is 2.24. The van der Waals surface area contributed by atoms with Crippen molar-refractivity contribution in [1.29, 1.82) is 0 Å². The van der Waals surface area contributed by atoms with Crippen LogP contribution in [-0.4, -0.2) is 0 Å². The van der Waals surface area contributed by atoms with Gasteiger partial charge in [-0.25, -0.2) is 4.39 Å². The second kappa shape index (κ2) is 10.3. The number of rotatable bonds is 5. The average Bonchev–Trinajstić information content (AvgIpc) is 3.53. The molecule has 1 aliphatic rings. The number of benzene rings is 8. The fraction of sp³-hybridized carbons (Fsp3) is 0.0698. The molecule has 8 aromatic carbocycles. The van der Waals surface area contributed by atoms with E-state index >= 15 is 4.39 Å². The minimum absolute atomic E-state index is 0.251. The molecule has 0 saturated heterocycles. The molecule has 0 N–H and O–H groups in total. The van der Waals surface area contributed by atoms with Gasteiger partial charge in [0.15, 0.2) is 0 Å². The van der Waals surface area contributed by atoms with Crippen LogP contribution >= 0.6 is 0 Å². The monoisotopic (exact) mass is 579 g/mol. The number of anilines is 3. The molecule has 8 aromatic rings. The van der Waals surface area contributed by atoms with Gasteiger partial charge in [0, 0.05) is 17.0 Å². The first kappa shape index (κ1) is 26.0. The van der Waals surface area contributed by atoms with Crippen LogP contribution in [0, 0.1) is 5.82 Å². The predicted octanol–water partition coefficient (Wildman–Crippen LogP) is 11.9. The van der Waals surface area contributed by atoms with E-state index < -0.39 is 0 Å². The number of hydrogen-bond acceptors (Lipinski definition) is 1. The number of para-hydroxylation sites is 2. The molecular weight excluding hydrogens is 549 g/mol. The van der Waals surface area contributed by atoms with E-state index in [-0.39, 0.29) is 5.82 Å². The maximum atomic E-state index is 15.4. The van der Waals surface area contributed by atoms with Crippen LogP contribution < -0.4 is 4.90 Å². The molecule has 0 saturated carbocycles.